The van der Waals surface area contributed by atoms with E-state index >= 15 is 0 Å². The van der Waals surface area contributed by atoms with Gasteiger partial charge in [-0.3, -0.25) is 9.13 Å². The number of hydrogen-bond donors (Lipinski definition) is 0. The van der Waals surface area contributed by atoms with Crippen LogP contribution < -0.4 is 0 Å². The van der Waals surface area contributed by atoms with Gasteiger partial charge in [0.1, 0.15) is 13.2 Å². The lowest BCUT2D eigenvalue weighted by molar-refractivity contribution is -0.163. The first kappa shape index (κ1) is 30.7. The quantitative estimate of drug-likeness (QED) is 0.127. The van der Waals surface area contributed by atoms with E-state index in [0.29, 0.717) is 0 Å². The summed E-state index contributed by atoms with van der Waals surface area (Å²) in [7, 11) is -10.3. The molecule has 0 aliphatic heterocycles. The number of alkyl halides is 4. The average Bonchev–Trinajstić information content (AvgIpc) is 2.70. The Morgan fingerprint density at radius 3 is 1.12 bits per heavy atom. The molecule has 0 aromatic heterocycles. The molecule has 0 amide bonds. The van der Waals surface area contributed by atoms with Gasteiger partial charge in [-0.05, 0) is 39.8 Å². The molecule has 10 nitrogen and oxygen atoms in total. The fraction of sp³-hybridized carbons (Fsp3) is 0.750. The average molecular weight is 516 g/mol. The van der Waals surface area contributed by atoms with Gasteiger partial charge >= 0.3 is 38.5 Å². The Bertz CT molecular complexity index is 664. The second-order valence-electron chi connectivity index (χ2n) is 5.42. The van der Waals surface area contributed by atoms with Gasteiger partial charge in [0.05, 0.1) is 26.4 Å². The Kier molecular flexibility index (Phi) is 12.9. The fourth-order valence-corrected chi connectivity index (χ4v) is 4.59. The van der Waals surface area contributed by atoms with Gasteiger partial charge in [-0.1, -0.05) is 0 Å². The van der Waals surface area contributed by atoms with Gasteiger partial charge < -0.3 is 27.6 Å². The highest BCUT2D eigenvalue weighted by atomic mass is 31.2. The third-order valence-electron chi connectivity index (χ3n) is 3.16. The number of carbonyl (C=O) groups excluding carboxylic acids is 2. The van der Waals surface area contributed by atoms with Crippen molar-refractivity contribution >= 4 is 27.1 Å². The van der Waals surface area contributed by atoms with Gasteiger partial charge in [0.25, 0.3) is 0 Å². The zero-order valence-corrected chi connectivity index (χ0v) is 19.7. The minimum absolute atomic E-state index is 0.421. The monoisotopic (exact) mass is 516 g/mol. The molecular weight excluding hydrogens is 490 g/mol. The smallest absolute Gasteiger partial charge is 0.440 e. The molecule has 0 aromatic rings. The summed E-state index contributed by atoms with van der Waals surface area (Å²) in [5.41, 5.74) is -9.19. The molecule has 0 rings (SSSR count). The minimum atomic E-state index is -5.13. The molecule has 0 aliphatic carbocycles. The van der Waals surface area contributed by atoms with Gasteiger partial charge in [-0.2, -0.15) is 17.6 Å². The SMILES string of the molecule is CCOP(=O)(OCC)C(F)(F)C(=O)OCC=CCOC(=O)C(F)(F)P(=O)(OCC)OCC. The summed E-state index contributed by atoms with van der Waals surface area (Å²) in [6, 6.07) is 0. The Balaban J connectivity index is 4.86. The minimum Gasteiger partial charge on any atom is -0.457 e. The molecular formula is C16H26F4O10P2. The fourth-order valence-electron chi connectivity index (χ4n) is 1.86. The highest BCUT2D eigenvalue weighted by Crippen LogP contribution is 2.63. The third-order valence-corrected chi connectivity index (χ3v) is 7.30. The molecule has 0 unspecified atom stereocenters. The second kappa shape index (κ2) is 13.4. The standard InChI is InChI=1S/C16H26F4O10P2/c1-5-27-31(23,28-6-2)15(17,18)13(21)25-11-9-10-12-26-14(22)16(19,20)32(24,29-7-3)30-8-4/h9-10H,5-8,11-12H2,1-4H3. The van der Waals surface area contributed by atoms with Crippen molar-refractivity contribution in [1.29, 1.82) is 0 Å². The van der Waals surface area contributed by atoms with Crippen molar-refractivity contribution in [2.45, 2.75) is 39.0 Å². The first-order valence-electron chi connectivity index (χ1n) is 9.33. The van der Waals surface area contributed by atoms with Crippen LogP contribution in [0.4, 0.5) is 17.6 Å². The van der Waals surface area contributed by atoms with Crippen molar-refractivity contribution in [2.24, 2.45) is 0 Å². The highest BCUT2D eigenvalue weighted by molar-refractivity contribution is 7.56. The molecule has 0 N–H and O–H groups in total. The molecule has 0 aliphatic rings. The Morgan fingerprint density at radius 1 is 0.656 bits per heavy atom. The molecule has 0 heterocycles. The third kappa shape index (κ3) is 7.64. The molecule has 0 bridgehead atoms. The lowest BCUT2D eigenvalue weighted by atomic mass is 10.5. The van der Waals surface area contributed by atoms with Gasteiger partial charge in [0.2, 0.25) is 0 Å². The van der Waals surface area contributed by atoms with Crippen molar-refractivity contribution < 1.29 is 63.8 Å². The van der Waals surface area contributed by atoms with Crippen molar-refractivity contribution in [2.75, 3.05) is 39.6 Å². The molecule has 0 aromatic carbocycles. The maximum absolute atomic E-state index is 14.1. The topological polar surface area (TPSA) is 124 Å². The molecule has 0 atom stereocenters. The Hall–Kier alpha value is -1.30. The second-order valence-corrected chi connectivity index (χ2v) is 9.56. The molecule has 0 saturated heterocycles. The van der Waals surface area contributed by atoms with E-state index in [9.17, 15) is 36.3 Å². The molecule has 0 fully saturated rings. The lowest BCUT2D eigenvalue weighted by Gasteiger charge is -2.23. The van der Waals surface area contributed by atoms with Crippen molar-refractivity contribution in [3.63, 3.8) is 0 Å². The van der Waals surface area contributed by atoms with Crippen LogP contribution in [0, 0.1) is 0 Å². The summed E-state index contributed by atoms with van der Waals surface area (Å²) in [4.78, 5) is 23.2. The van der Waals surface area contributed by atoms with E-state index in [0.717, 1.165) is 12.2 Å². The number of rotatable bonds is 16. The summed E-state index contributed by atoms with van der Waals surface area (Å²) >= 11 is 0. The Labute approximate surface area is 182 Å². The number of ether oxygens (including phenoxy) is 2. The van der Waals surface area contributed by atoms with Crippen LogP contribution in [0.3, 0.4) is 0 Å². The van der Waals surface area contributed by atoms with E-state index in [1.807, 2.05) is 0 Å². The summed E-state index contributed by atoms with van der Waals surface area (Å²) in [6.45, 7) is 1.76. The number of hydrogen-bond acceptors (Lipinski definition) is 10. The van der Waals surface area contributed by atoms with E-state index in [1.54, 1.807) is 0 Å². The number of halogens is 4. The lowest BCUT2D eigenvalue weighted by Crippen LogP contribution is -2.33. The first-order valence-corrected chi connectivity index (χ1v) is 12.4. The van der Waals surface area contributed by atoms with Crippen LogP contribution in [0.1, 0.15) is 27.7 Å². The molecule has 0 radical (unpaired) electrons. The van der Waals surface area contributed by atoms with Gasteiger partial charge in [-0.25, -0.2) is 9.59 Å². The van der Waals surface area contributed by atoms with Crippen LogP contribution >= 0.6 is 15.2 Å². The summed E-state index contributed by atoms with van der Waals surface area (Å²) in [5, 5.41) is 0. The van der Waals surface area contributed by atoms with Gasteiger partial charge in [0, 0.05) is 0 Å². The molecule has 0 saturated carbocycles. The van der Waals surface area contributed by atoms with E-state index < -0.39 is 78.1 Å². The molecule has 188 valence electrons. The van der Waals surface area contributed by atoms with Crippen LogP contribution in [0.5, 0.6) is 0 Å². The van der Waals surface area contributed by atoms with E-state index in [4.69, 9.17) is 0 Å². The summed E-state index contributed by atoms with van der Waals surface area (Å²) in [6.07, 6.45) is 1.77. The summed E-state index contributed by atoms with van der Waals surface area (Å²) in [5.74, 6) is -4.41. The zero-order chi connectivity index (χ0) is 25.1. The van der Waals surface area contributed by atoms with Crippen molar-refractivity contribution in [3.8, 4) is 0 Å². The predicted molar refractivity (Wildman–Crippen MR) is 103 cm³/mol. The van der Waals surface area contributed by atoms with Gasteiger partial charge in [0.15, 0.2) is 0 Å². The highest BCUT2D eigenvalue weighted by Gasteiger charge is 2.62. The number of carbonyl (C=O) groups is 2. The predicted octanol–water partition coefficient (Wildman–Crippen LogP) is 4.35. The first-order chi connectivity index (χ1) is 14.8. The van der Waals surface area contributed by atoms with Crippen molar-refractivity contribution in [1.82, 2.24) is 0 Å². The largest absolute Gasteiger partial charge is 0.457 e. The molecule has 0 spiro atoms. The zero-order valence-electron chi connectivity index (χ0n) is 17.9. The van der Waals surface area contributed by atoms with Crippen LogP contribution in [-0.4, -0.2) is 62.9 Å². The number of esters is 2. The maximum atomic E-state index is 14.1. The van der Waals surface area contributed by atoms with E-state index in [1.165, 1.54) is 27.7 Å². The van der Waals surface area contributed by atoms with Crippen LogP contribution in [0.15, 0.2) is 12.2 Å². The van der Waals surface area contributed by atoms with E-state index in [-0.39, 0.29) is 0 Å². The Morgan fingerprint density at radius 2 is 0.906 bits per heavy atom. The van der Waals surface area contributed by atoms with Crippen LogP contribution in [0.25, 0.3) is 0 Å². The normalized spacial score (nSPS) is 13.4. The van der Waals surface area contributed by atoms with Crippen LogP contribution in [-0.2, 0) is 46.3 Å². The molecule has 16 heteroatoms. The van der Waals surface area contributed by atoms with E-state index in [2.05, 4.69) is 27.6 Å². The maximum Gasteiger partial charge on any atom is 0.440 e. The van der Waals surface area contributed by atoms with Crippen LogP contribution in [0.2, 0.25) is 0 Å². The van der Waals surface area contributed by atoms with Gasteiger partial charge in [-0.15, -0.1) is 0 Å². The summed E-state index contributed by atoms with van der Waals surface area (Å²) < 4.78 is 107. The molecule has 32 heavy (non-hydrogen) atoms. The van der Waals surface area contributed by atoms with Crippen molar-refractivity contribution in [3.05, 3.63) is 12.2 Å².